The zero-order valence-corrected chi connectivity index (χ0v) is 22.2. The van der Waals surface area contributed by atoms with Crippen molar-refractivity contribution in [2.45, 2.75) is 89.9 Å². The highest BCUT2D eigenvalue weighted by Gasteiger charge is 2.30. The van der Waals surface area contributed by atoms with Crippen LogP contribution in [-0.2, 0) is 30.3 Å². The Morgan fingerprint density at radius 2 is 1.46 bits per heavy atom. The number of Topliss-reactive ketones (excluding diaryl/α,β-unsaturated/α-hetero) is 1. The Morgan fingerprint density at radius 3 is 2.00 bits per heavy atom. The topological polar surface area (TPSA) is 183 Å². The van der Waals surface area contributed by atoms with Crippen molar-refractivity contribution in [3.05, 3.63) is 35.9 Å². The van der Waals surface area contributed by atoms with E-state index in [9.17, 15) is 24.0 Å². The standard InChI is InChI=1S/C26H41N5O6/c1-17(32)19(12-8-9-15-27)29-24(35)21(16-18-10-6-5-7-11-18)30-23(34)20(13-14-22(28)33)31-25(36)37-26(2,3)4/h5-7,10-11,19-21H,8-9,12-16,27H2,1-4H3,(H2,28,33)(H,29,35)(H,30,34)(H,31,36)/t19-,20-,21-/m0/s1. The van der Waals surface area contributed by atoms with Crippen molar-refractivity contribution < 1.29 is 28.7 Å². The number of rotatable bonds is 15. The summed E-state index contributed by atoms with van der Waals surface area (Å²) < 4.78 is 5.23. The molecule has 0 aliphatic carbocycles. The number of carbonyl (C=O) groups is 5. The van der Waals surface area contributed by atoms with Crippen LogP contribution in [0.3, 0.4) is 0 Å². The van der Waals surface area contributed by atoms with Crippen molar-refractivity contribution in [3.8, 4) is 0 Å². The SMILES string of the molecule is CC(=O)[C@H](CCCCN)NC(=O)[C@H](Cc1ccccc1)NC(=O)[C@H](CCC(N)=O)NC(=O)OC(C)(C)C. The molecule has 206 valence electrons. The quantitative estimate of drug-likeness (QED) is 0.215. The van der Waals surface area contributed by atoms with E-state index in [1.165, 1.54) is 6.92 Å². The molecule has 0 radical (unpaired) electrons. The van der Waals surface area contributed by atoms with Crippen LogP contribution in [0.1, 0.15) is 65.4 Å². The van der Waals surface area contributed by atoms with Gasteiger partial charge in [0.15, 0.2) is 5.78 Å². The van der Waals surface area contributed by atoms with E-state index in [4.69, 9.17) is 16.2 Å². The molecule has 11 nitrogen and oxygen atoms in total. The minimum Gasteiger partial charge on any atom is -0.444 e. The highest BCUT2D eigenvalue weighted by atomic mass is 16.6. The number of nitrogens with one attached hydrogen (secondary N) is 3. The van der Waals surface area contributed by atoms with Gasteiger partial charge in [-0.3, -0.25) is 19.2 Å². The van der Waals surface area contributed by atoms with Gasteiger partial charge in [-0.25, -0.2) is 4.79 Å². The molecule has 0 unspecified atom stereocenters. The van der Waals surface area contributed by atoms with Gasteiger partial charge in [0.05, 0.1) is 6.04 Å². The number of ketones is 1. The first kappa shape index (κ1) is 31.6. The summed E-state index contributed by atoms with van der Waals surface area (Å²) in [6, 6.07) is 6.09. The molecule has 0 bridgehead atoms. The highest BCUT2D eigenvalue weighted by molar-refractivity contribution is 5.94. The van der Waals surface area contributed by atoms with Gasteiger partial charge in [-0.05, 0) is 65.5 Å². The lowest BCUT2D eigenvalue weighted by atomic mass is 10.0. The van der Waals surface area contributed by atoms with Gasteiger partial charge >= 0.3 is 6.09 Å². The summed E-state index contributed by atoms with van der Waals surface area (Å²) in [6.07, 6.45) is 0.823. The van der Waals surface area contributed by atoms with Crippen molar-refractivity contribution in [3.63, 3.8) is 0 Å². The van der Waals surface area contributed by atoms with Crippen molar-refractivity contribution in [2.24, 2.45) is 11.5 Å². The van der Waals surface area contributed by atoms with Crippen molar-refractivity contribution in [2.75, 3.05) is 6.54 Å². The van der Waals surface area contributed by atoms with E-state index in [-0.39, 0.29) is 25.0 Å². The summed E-state index contributed by atoms with van der Waals surface area (Å²) in [7, 11) is 0. The summed E-state index contributed by atoms with van der Waals surface area (Å²) in [5, 5.41) is 7.85. The fourth-order valence-electron chi connectivity index (χ4n) is 3.48. The van der Waals surface area contributed by atoms with Crippen LogP contribution in [0.2, 0.25) is 0 Å². The molecule has 0 saturated carbocycles. The number of hydrogen-bond acceptors (Lipinski definition) is 7. The molecule has 3 atom stereocenters. The Bertz CT molecular complexity index is 916. The second kappa shape index (κ2) is 15.6. The fraction of sp³-hybridized carbons (Fsp3) is 0.577. The number of nitrogens with two attached hydrogens (primary N) is 2. The lowest BCUT2D eigenvalue weighted by Gasteiger charge is -2.26. The second-order valence-corrected chi connectivity index (χ2v) is 9.91. The van der Waals surface area contributed by atoms with Crippen LogP contribution in [0.5, 0.6) is 0 Å². The van der Waals surface area contributed by atoms with Gasteiger partial charge in [-0.1, -0.05) is 30.3 Å². The predicted molar refractivity (Wildman–Crippen MR) is 139 cm³/mol. The molecule has 0 aromatic heterocycles. The van der Waals surface area contributed by atoms with Crippen molar-refractivity contribution in [1.82, 2.24) is 16.0 Å². The van der Waals surface area contributed by atoms with Gasteiger partial charge in [-0.2, -0.15) is 0 Å². The molecule has 4 amide bonds. The molecule has 37 heavy (non-hydrogen) atoms. The number of amides is 4. The molecule has 7 N–H and O–H groups in total. The monoisotopic (exact) mass is 519 g/mol. The first-order chi connectivity index (χ1) is 17.3. The van der Waals surface area contributed by atoms with Gasteiger partial charge < -0.3 is 32.2 Å². The summed E-state index contributed by atoms with van der Waals surface area (Å²) in [5.74, 6) is -2.09. The molecule has 0 aliphatic heterocycles. The number of alkyl carbamates (subject to hydrolysis) is 1. The molecule has 0 saturated heterocycles. The van der Waals surface area contributed by atoms with E-state index in [2.05, 4.69) is 16.0 Å². The third-order valence-corrected chi connectivity index (χ3v) is 5.36. The molecule has 1 rings (SSSR count). The molecule has 1 aromatic carbocycles. The lowest BCUT2D eigenvalue weighted by Crippen LogP contribution is -2.56. The summed E-state index contributed by atoms with van der Waals surface area (Å²) in [6.45, 7) is 6.88. The first-order valence-corrected chi connectivity index (χ1v) is 12.5. The van der Waals surface area contributed by atoms with E-state index in [1.807, 2.05) is 6.07 Å². The van der Waals surface area contributed by atoms with E-state index in [1.54, 1.807) is 45.0 Å². The Hall–Kier alpha value is -3.47. The highest BCUT2D eigenvalue weighted by Crippen LogP contribution is 2.10. The molecule has 0 aliphatic rings. The maximum absolute atomic E-state index is 13.2. The summed E-state index contributed by atoms with van der Waals surface area (Å²) >= 11 is 0. The normalized spacial score (nSPS) is 13.5. The lowest BCUT2D eigenvalue weighted by molar-refractivity contribution is -0.132. The van der Waals surface area contributed by atoms with Crippen LogP contribution >= 0.6 is 0 Å². The number of carbonyl (C=O) groups excluding carboxylic acids is 5. The van der Waals surface area contributed by atoms with Gasteiger partial charge in [-0.15, -0.1) is 0 Å². The van der Waals surface area contributed by atoms with Crippen molar-refractivity contribution in [1.29, 1.82) is 0 Å². The number of primary amides is 1. The number of hydrogen-bond donors (Lipinski definition) is 5. The minimum atomic E-state index is -1.18. The molecule has 0 fully saturated rings. The number of unbranched alkanes of at least 4 members (excludes halogenated alkanes) is 1. The first-order valence-electron chi connectivity index (χ1n) is 12.5. The van der Waals surface area contributed by atoms with E-state index in [0.717, 1.165) is 5.56 Å². The van der Waals surface area contributed by atoms with Gasteiger partial charge in [0.1, 0.15) is 17.7 Å². The molecular formula is C26H41N5O6. The predicted octanol–water partition coefficient (Wildman–Crippen LogP) is 1.08. The minimum absolute atomic E-state index is 0.0881. The average Bonchev–Trinajstić information content (AvgIpc) is 2.79. The van der Waals surface area contributed by atoms with Crippen LogP contribution in [0, 0.1) is 0 Å². The second-order valence-electron chi connectivity index (χ2n) is 9.91. The van der Waals surface area contributed by atoms with E-state index >= 15 is 0 Å². The van der Waals surface area contributed by atoms with E-state index < -0.39 is 47.5 Å². The van der Waals surface area contributed by atoms with Crippen molar-refractivity contribution >= 4 is 29.6 Å². The maximum Gasteiger partial charge on any atom is 0.408 e. The number of benzene rings is 1. The largest absolute Gasteiger partial charge is 0.444 e. The fourth-order valence-corrected chi connectivity index (χ4v) is 3.48. The smallest absolute Gasteiger partial charge is 0.408 e. The zero-order valence-electron chi connectivity index (χ0n) is 22.2. The van der Waals surface area contributed by atoms with Crippen LogP contribution in [-0.4, -0.2) is 59.9 Å². The zero-order chi connectivity index (χ0) is 28.0. The summed E-state index contributed by atoms with van der Waals surface area (Å²) in [5.41, 5.74) is 10.7. The molecule has 0 spiro atoms. The van der Waals surface area contributed by atoms with Gasteiger partial charge in [0.25, 0.3) is 0 Å². The number of ether oxygens (including phenoxy) is 1. The Kier molecular flexibility index (Phi) is 13.3. The van der Waals surface area contributed by atoms with E-state index in [0.29, 0.717) is 25.8 Å². The van der Waals surface area contributed by atoms with Crippen LogP contribution < -0.4 is 27.4 Å². The van der Waals surface area contributed by atoms with Gasteiger partial charge in [0, 0.05) is 12.8 Å². The van der Waals surface area contributed by atoms with Crippen LogP contribution in [0.15, 0.2) is 30.3 Å². The third-order valence-electron chi connectivity index (χ3n) is 5.36. The van der Waals surface area contributed by atoms with Crippen LogP contribution in [0.25, 0.3) is 0 Å². The Morgan fingerprint density at radius 1 is 0.865 bits per heavy atom. The third kappa shape index (κ3) is 13.4. The maximum atomic E-state index is 13.2. The Labute approximate surface area is 218 Å². The molecule has 1 aromatic rings. The average molecular weight is 520 g/mol. The molecule has 11 heteroatoms. The summed E-state index contributed by atoms with van der Waals surface area (Å²) in [4.78, 5) is 62.2. The van der Waals surface area contributed by atoms with Crippen LogP contribution in [0.4, 0.5) is 4.79 Å². The van der Waals surface area contributed by atoms with Gasteiger partial charge in [0.2, 0.25) is 17.7 Å². The molecular weight excluding hydrogens is 478 g/mol. The Balaban J connectivity index is 3.10. The molecule has 0 heterocycles.